The van der Waals surface area contributed by atoms with Crippen molar-refractivity contribution in [1.29, 1.82) is 0 Å². The minimum Gasteiger partial charge on any atom is -0.496 e. The van der Waals surface area contributed by atoms with Crippen molar-refractivity contribution < 1.29 is 14.3 Å². The molecule has 2 amide bonds. The van der Waals surface area contributed by atoms with Crippen molar-refractivity contribution in [2.75, 3.05) is 26.4 Å². The predicted octanol–water partition coefficient (Wildman–Crippen LogP) is 1.28. The van der Waals surface area contributed by atoms with E-state index in [4.69, 9.17) is 22.1 Å². The Hall–Kier alpha value is -1.95. The zero-order valence-corrected chi connectivity index (χ0v) is 12.7. The highest BCUT2D eigenvalue weighted by Crippen LogP contribution is 2.29. The fourth-order valence-electron chi connectivity index (χ4n) is 2.31. The van der Waals surface area contributed by atoms with Gasteiger partial charge < -0.3 is 20.7 Å². The highest BCUT2D eigenvalue weighted by Gasteiger charge is 2.25. The Balaban J connectivity index is 2.13. The summed E-state index contributed by atoms with van der Waals surface area (Å²) in [5.41, 5.74) is 6.38. The van der Waals surface area contributed by atoms with Crippen LogP contribution >= 0.6 is 11.6 Å². The molecule has 0 aliphatic carbocycles. The first-order valence-corrected chi connectivity index (χ1v) is 6.98. The number of nitrogens with one attached hydrogen (secondary N) is 1. The van der Waals surface area contributed by atoms with Crippen molar-refractivity contribution in [2.24, 2.45) is 0 Å². The second-order valence-electron chi connectivity index (χ2n) is 5.06. The van der Waals surface area contributed by atoms with Crippen LogP contribution in [0.4, 0.5) is 5.69 Å². The summed E-state index contributed by atoms with van der Waals surface area (Å²) < 4.78 is 5.17. The standard InChI is InChI=1S/C14H18ClN3O3/c1-18-7-8(3-4-13(18)19)17-14(20)9-5-10(15)11(16)6-12(9)21-2/h5-6,8H,3-4,7,16H2,1-2H3,(H,17,20). The van der Waals surface area contributed by atoms with E-state index in [0.29, 0.717) is 41.4 Å². The second-order valence-corrected chi connectivity index (χ2v) is 5.46. The maximum absolute atomic E-state index is 12.4. The molecule has 2 rings (SSSR count). The molecule has 0 saturated carbocycles. The molecule has 1 unspecified atom stereocenters. The molecule has 21 heavy (non-hydrogen) atoms. The molecule has 1 heterocycles. The highest BCUT2D eigenvalue weighted by molar-refractivity contribution is 6.33. The van der Waals surface area contributed by atoms with Gasteiger partial charge in [-0.3, -0.25) is 9.59 Å². The number of ether oxygens (including phenoxy) is 1. The number of anilines is 1. The maximum Gasteiger partial charge on any atom is 0.255 e. The van der Waals surface area contributed by atoms with Gasteiger partial charge in [-0.05, 0) is 12.5 Å². The van der Waals surface area contributed by atoms with E-state index in [1.54, 1.807) is 11.9 Å². The largest absolute Gasteiger partial charge is 0.496 e. The van der Waals surface area contributed by atoms with E-state index >= 15 is 0 Å². The van der Waals surface area contributed by atoms with Crippen LogP contribution in [0.1, 0.15) is 23.2 Å². The zero-order valence-electron chi connectivity index (χ0n) is 12.0. The molecule has 7 heteroatoms. The Morgan fingerprint density at radius 2 is 2.24 bits per heavy atom. The number of nitrogen functional groups attached to an aromatic ring is 1. The fraction of sp³-hybridized carbons (Fsp3) is 0.429. The Bertz CT molecular complexity index is 577. The van der Waals surface area contributed by atoms with Gasteiger partial charge in [-0.15, -0.1) is 0 Å². The number of likely N-dealkylation sites (tertiary alicyclic amines) is 1. The number of methoxy groups -OCH3 is 1. The number of likely N-dealkylation sites (N-methyl/N-ethyl adjacent to an activating group) is 1. The molecule has 6 nitrogen and oxygen atoms in total. The summed E-state index contributed by atoms with van der Waals surface area (Å²) in [5.74, 6) is 0.171. The molecule has 1 aliphatic heterocycles. The van der Waals surface area contributed by atoms with E-state index in [-0.39, 0.29) is 17.9 Å². The van der Waals surface area contributed by atoms with Gasteiger partial charge in [-0.25, -0.2) is 0 Å². The lowest BCUT2D eigenvalue weighted by Gasteiger charge is -2.30. The van der Waals surface area contributed by atoms with E-state index < -0.39 is 0 Å². The Labute approximate surface area is 128 Å². The molecule has 1 aromatic carbocycles. The summed E-state index contributed by atoms with van der Waals surface area (Å²) in [4.78, 5) is 25.4. The van der Waals surface area contributed by atoms with Gasteiger partial charge in [0.15, 0.2) is 0 Å². The Kier molecular flexibility index (Phi) is 4.57. The minimum absolute atomic E-state index is 0.0822. The van der Waals surface area contributed by atoms with Gasteiger partial charge in [0.1, 0.15) is 5.75 Å². The second kappa shape index (κ2) is 6.22. The number of amides is 2. The van der Waals surface area contributed by atoms with Crippen LogP contribution in [0.3, 0.4) is 0 Å². The summed E-state index contributed by atoms with van der Waals surface area (Å²) in [6, 6.07) is 2.93. The van der Waals surface area contributed by atoms with Gasteiger partial charge in [-0.1, -0.05) is 11.6 Å². The summed E-state index contributed by atoms with van der Waals surface area (Å²) in [5, 5.41) is 3.20. The quantitative estimate of drug-likeness (QED) is 0.824. The molecule has 0 spiro atoms. The Morgan fingerprint density at radius 1 is 1.52 bits per heavy atom. The van der Waals surface area contributed by atoms with Crippen LogP contribution in [0.5, 0.6) is 5.75 Å². The third-order valence-electron chi connectivity index (χ3n) is 3.53. The molecule has 1 aliphatic rings. The van der Waals surface area contributed by atoms with Crippen LogP contribution < -0.4 is 15.8 Å². The van der Waals surface area contributed by atoms with Crippen molar-refractivity contribution in [3.63, 3.8) is 0 Å². The first kappa shape index (κ1) is 15.4. The van der Waals surface area contributed by atoms with Crippen molar-refractivity contribution in [1.82, 2.24) is 10.2 Å². The van der Waals surface area contributed by atoms with Crippen LogP contribution in [0.15, 0.2) is 12.1 Å². The molecule has 1 fully saturated rings. The SMILES string of the molecule is COc1cc(N)c(Cl)cc1C(=O)NC1CCC(=O)N(C)C1. The highest BCUT2D eigenvalue weighted by atomic mass is 35.5. The molecule has 1 saturated heterocycles. The smallest absolute Gasteiger partial charge is 0.255 e. The molecular formula is C14H18ClN3O3. The van der Waals surface area contributed by atoms with E-state index in [2.05, 4.69) is 5.32 Å². The van der Waals surface area contributed by atoms with E-state index in [1.807, 2.05) is 0 Å². The van der Waals surface area contributed by atoms with Crippen LogP contribution in [-0.2, 0) is 4.79 Å². The van der Waals surface area contributed by atoms with Crippen molar-refractivity contribution >= 4 is 29.1 Å². The summed E-state index contributed by atoms with van der Waals surface area (Å²) in [6.07, 6.45) is 1.06. The minimum atomic E-state index is -0.290. The summed E-state index contributed by atoms with van der Waals surface area (Å²) in [7, 11) is 3.19. The van der Waals surface area contributed by atoms with Crippen molar-refractivity contribution in [3.05, 3.63) is 22.7 Å². The number of carbonyl (C=O) groups excluding carboxylic acids is 2. The number of benzene rings is 1. The Morgan fingerprint density at radius 3 is 2.86 bits per heavy atom. The average Bonchev–Trinajstić information content (AvgIpc) is 2.45. The number of hydrogen-bond donors (Lipinski definition) is 2. The predicted molar refractivity (Wildman–Crippen MR) is 80.5 cm³/mol. The normalized spacial score (nSPS) is 18.5. The van der Waals surface area contributed by atoms with E-state index in [1.165, 1.54) is 19.2 Å². The van der Waals surface area contributed by atoms with Crippen LogP contribution in [0, 0.1) is 0 Å². The monoisotopic (exact) mass is 311 g/mol. The van der Waals surface area contributed by atoms with Crippen LogP contribution in [-0.4, -0.2) is 43.5 Å². The topological polar surface area (TPSA) is 84.7 Å². The van der Waals surface area contributed by atoms with E-state index in [0.717, 1.165) is 0 Å². The number of hydrogen-bond acceptors (Lipinski definition) is 4. The average molecular weight is 312 g/mol. The number of nitrogens with zero attached hydrogens (tertiary/aromatic N) is 1. The maximum atomic E-state index is 12.4. The van der Waals surface area contributed by atoms with Gasteiger partial charge >= 0.3 is 0 Å². The third-order valence-corrected chi connectivity index (χ3v) is 3.85. The lowest BCUT2D eigenvalue weighted by molar-refractivity contribution is -0.132. The van der Waals surface area contributed by atoms with Gasteiger partial charge in [0.2, 0.25) is 5.91 Å². The molecular weight excluding hydrogens is 294 g/mol. The molecule has 1 aromatic rings. The van der Waals surface area contributed by atoms with Crippen LogP contribution in [0.2, 0.25) is 5.02 Å². The lowest BCUT2D eigenvalue weighted by atomic mass is 10.0. The van der Waals surface area contributed by atoms with Crippen molar-refractivity contribution in [2.45, 2.75) is 18.9 Å². The summed E-state index contributed by atoms with van der Waals surface area (Å²) >= 11 is 5.96. The van der Waals surface area contributed by atoms with E-state index in [9.17, 15) is 9.59 Å². The van der Waals surface area contributed by atoms with Gasteiger partial charge in [-0.2, -0.15) is 0 Å². The zero-order chi connectivity index (χ0) is 15.6. The van der Waals surface area contributed by atoms with Gasteiger partial charge in [0.05, 0.1) is 23.4 Å². The summed E-state index contributed by atoms with van der Waals surface area (Å²) in [6.45, 7) is 0.496. The fourth-order valence-corrected chi connectivity index (χ4v) is 2.47. The number of carbonyl (C=O) groups is 2. The van der Waals surface area contributed by atoms with Gasteiger partial charge in [0.25, 0.3) is 5.91 Å². The molecule has 0 bridgehead atoms. The molecule has 0 radical (unpaired) electrons. The number of halogens is 1. The molecule has 1 atom stereocenters. The van der Waals surface area contributed by atoms with Crippen molar-refractivity contribution in [3.8, 4) is 5.75 Å². The van der Waals surface area contributed by atoms with Gasteiger partial charge in [0, 0.05) is 32.1 Å². The molecule has 0 aromatic heterocycles. The number of rotatable bonds is 3. The first-order chi connectivity index (χ1) is 9.92. The number of nitrogens with two attached hydrogens (primary N) is 1. The molecule has 3 N–H and O–H groups in total. The first-order valence-electron chi connectivity index (χ1n) is 6.60. The van der Waals surface area contributed by atoms with Crippen LogP contribution in [0.25, 0.3) is 0 Å². The molecule has 114 valence electrons. The third kappa shape index (κ3) is 3.39. The number of piperidine rings is 1. The lowest BCUT2D eigenvalue weighted by Crippen LogP contribution is -2.48.